The van der Waals surface area contributed by atoms with E-state index in [9.17, 15) is 4.79 Å². The van der Waals surface area contributed by atoms with E-state index in [0.717, 1.165) is 22.2 Å². The molecule has 98 valence electrons. The van der Waals surface area contributed by atoms with Gasteiger partial charge in [0.15, 0.2) is 0 Å². The molecule has 1 N–H and O–H groups in total. The van der Waals surface area contributed by atoms with Crippen molar-refractivity contribution in [2.45, 2.75) is 6.42 Å². The maximum absolute atomic E-state index is 10.9. The third kappa shape index (κ3) is 2.49. The summed E-state index contributed by atoms with van der Waals surface area (Å²) < 4.78 is 0. The van der Waals surface area contributed by atoms with Crippen LogP contribution in [0.2, 0.25) is 0 Å². The summed E-state index contributed by atoms with van der Waals surface area (Å²) in [6, 6.07) is 13.5. The van der Waals surface area contributed by atoms with E-state index in [4.69, 9.17) is 5.11 Å². The zero-order valence-corrected chi connectivity index (χ0v) is 10.7. The molecule has 0 saturated heterocycles. The summed E-state index contributed by atoms with van der Waals surface area (Å²) in [7, 11) is 0. The fourth-order valence-electron chi connectivity index (χ4n) is 2.12. The molecule has 0 amide bonds. The van der Waals surface area contributed by atoms with E-state index in [-0.39, 0.29) is 5.56 Å². The van der Waals surface area contributed by atoms with Crippen molar-refractivity contribution in [3.63, 3.8) is 0 Å². The summed E-state index contributed by atoms with van der Waals surface area (Å²) >= 11 is 0. The number of rotatable bonds is 3. The van der Waals surface area contributed by atoms with Crippen LogP contribution in [0.5, 0.6) is 0 Å². The Morgan fingerprint density at radius 1 is 1.10 bits per heavy atom. The van der Waals surface area contributed by atoms with E-state index in [0.29, 0.717) is 6.42 Å². The van der Waals surface area contributed by atoms with Crippen molar-refractivity contribution >= 4 is 16.9 Å². The van der Waals surface area contributed by atoms with Crippen LogP contribution in [-0.4, -0.2) is 21.0 Å². The highest BCUT2D eigenvalue weighted by molar-refractivity contribution is 5.87. The van der Waals surface area contributed by atoms with E-state index in [1.54, 1.807) is 12.3 Å². The Morgan fingerprint density at radius 3 is 2.80 bits per heavy atom. The molecule has 0 spiro atoms. The largest absolute Gasteiger partial charge is 0.478 e. The monoisotopic (exact) mass is 264 g/mol. The van der Waals surface area contributed by atoms with E-state index < -0.39 is 5.97 Å². The molecule has 2 aromatic heterocycles. The van der Waals surface area contributed by atoms with Crippen LogP contribution in [0.3, 0.4) is 0 Å². The number of hydrogen-bond acceptors (Lipinski definition) is 3. The number of hydrogen-bond donors (Lipinski definition) is 1. The standard InChI is InChI=1S/C16H12N2O2/c19-16(20)13-7-11(9-17-10-13)8-14-6-5-12-3-1-2-4-15(12)18-14/h1-7,9-10H,8H2,(H,19,20). The number of carboxylic acid groups (broad SMARTS) is 1. The van der Waals surface area contributed by atoms with Gasteiger partial charge >= 0.3 is 5.97 Å². The van der Waals surface area contributed by atoms with E-state index in [2.05, 4.69) is 9.97 Å². The Hall–Kier alpha value is -2.75. The number of fused-ring (bicyclic) bond motifs is 1. The molecule has 0 fully saturated rings. The van der Waals surface area contributed by atoms with E-state index in [1.165, 1.54) is 6.20 Å². The number of nitrogens with zero attached hydrogens (tertiary/aromatic N) is 2. The maximum atomic E-state index is 10.9. The minimum atomic E-state index is -0.967. The van der Waals surface area contributed by atoms with Gasteiger partial charge in [-0.05, 0) is 23.8 Å². The Kier molecular flexibility index (Phi) is 3.13. The quantitative estimate of drug-likeness (QED) is 0.790. The first-order chi connectivity index (χ1) is 9.72. The van der Waals surface area contributed by atoms with Gasteiger partial charge in [-0.2, -0.15) is 0 Å². The number of pyridine rings is 2. The van der Waals surface area contributed by atoms with Gasteiger partial charge in [0.25, 0.3) is 0 Å². The van der Waals surface area contributed by atoms with Crippen molar-refractivity contribution in [3.05, 3.63) is 71.7 Å². The summed E-state index contributed by atoms with van der Waals surface area (Å²) in [5.41, 5.74) is 2.87. The highest BCUT2D eigenvalue weighted by Gasteiger charge is 2.06. The van der Waals surface area contributed by atoms with Crippen LogP contribution < -0.4 is 0 Å². The second-order valence-corrected chi connectivity index (χ2v) is 4.56. The van der Waals surface area contributed by atoms with Crippen molar-refractivity contribution in [3.8, 4) is 0 Å². The minimum Gasteiger partial charge on any atom is -0.478 e. The van der Waals surface area contributed by atoms with Gasteiger partial charge < -0.3 is 5.11 Å². The third-order valence-electron chi connectivity index (χ3n) is 3.08. The van der Waals surface area contributed by atoms with Gasteiger partial charge in [0.2, 0.25) is 0 Å². The highest BCUT2D eigenvalue weighted by Crippen LogP contribution is 2.14. The fraction of sp³-hybridized carbons (Fsp3) is 0.0625. The predicted octanol–water partition coefficient (Wildman–Crippen LogP) is 2.92. The molecule has 3 aromatic rings. The molecule has 1 aromatic carbocycles. The smallest absolute Gasteiger partial charge is 0.337 e. The van der Waals surface area contributed by atoms with Crippen LogP contribution >= 0.6 is 0 Å². The average molecular weight is 264 g/mol. The number of carbonyl (C=O) groups is 1. The van der Waals surface area contributed by atoms with Crippen LogP contribution in [0, 0.1) is 0 Å². The second-order valence-electron chi connectivity index (χ2n) is 4.56. The topological polar surface area (TPSA) is 63.1 Å². The molecule has 0 radical (unpaired) electrons. The molecule has 20 heavy (non-hydrogen) atoms. The predicted molar refractivity (Wildman–Crippen MR) is 75.7 cm³/mol. The molecule has 4 heteroatoms. The number of aromatic nitrogens is 2. The number of aromatic carboxylic acids is 1. The molecule has 0 aliphatic rings. The van der Waals surface area contributed by atoms with Gasteiger partial charge in [0, 0.05) is 29.9 Å². The lowest BCUT2D eigenvalue weighted by Gasteiger charge is -2.04. The van der Waals surface area contributed by atoms with Crippen molar-refractivity contribution in [1.29, 1.82) is 0 Å². The molecular weight excluding hydrogens is 252 g/mol. The van der Waals surface area contributed by atoms with Crippen LogP contribution in [0.15, 0.2) is 54.9 Å². The van der Waals surface area contributed by atoms with Gasteiger partial charge in [0.05, 0.1) is 11.1 Å². The van der Waals surface area contributed by atoms with Crippen LogP contribution in [-0.2, 0) is 6.42 Å². The lowest BCUT2D eigenvalue weighted by Crippen LogP contribution is -2.00. The highest BCUT2D eigenvalue weighted by atomic mass is 16.4. The Bertz CT molecular complexity index is 784. The lowest BCUT2D eigenvalue weighted by molar-refractivity contribution is 0.0696. The van der Waals surface area contributed by atoms with Crippen molar-refractivity contribution in [2.24, 2.45) is 0 Å². The van der Waals surface area contributed by atoms with E-state index in [1.807, 2.05) is 36.4 Å². The molecular formula is C16H12N2O2. The molecule has 0 aliphatic heterocycles. The molecule has 0 saturated carbocycles. The first kappa shape index (κ1) is 12.3. The average Bonchev–Trinajstić information content (AvgIpc) is 2.47. The summed E-state index contributed by atoms with van der Waals surface area (Å²) in [6.07, 6.45) is 3.59. The zero-order chi connectivity index (χ0) is 13.9. The number of carboxylic acids is 1. The maximum Gasteiger partial charge on any atom is 0.337 e. The van der Waals surface area contributed by atoms with Gasteiger partial charge in [0.1, 0.15) is 0 Å². The summed E-state index contributed by atoms with van der Waals surface area (Å²) in [5.74, 6) is -0.967. The van der Waals surface area contributed by atoms with Gasteiger partial charge in [-0.25, -0.2) is 4.79 Å². The Morgan fingerprint density at radius 2 is 1.95 bits per heavy atom. The molecule has 0 unspecified atom stereocenters. The number of benzene rings is 1. The fourth-order valence-corrected chi connectivity index (χ4v) is 2.12. The first-order valence-electron chi connectivity index (χ1n) is 6.24. The molecule has 0 atom stereocenters. The zero-order valence-electron chi connectivity index (χ0n) is 10.7. The van der Waals surface area contributed by atoms with E-state index >= 15 is 0 Å². The summed E-state index contributed by atoms with van der Waals surface area (Å²) in [4.78, 5) is 19.5. The summed E-state index contributed by atoms with van der Waals surface area (Å²) in [5, 5.41) is 10.1. The van der Waals surface area contributed by atoms with Crippen LogP contribution in [0.4, 0.5) is 0 Å². The van der Waals surface area contributed by atoms with Crippen LogP contribution in [0.1, 0.15) is 21.6 Å². The normalized spacial score (nSPS) is 10.6. The van der Waals surface area contributed by atoms with Gasteiger partial charge in [-0.15, -0.1) is 0 Å². The van der Waals surface area contributed by atoms with Gasteiger partial charge in [-0.3, -0.25) is 9.97 Å². The van der Waals surface area contributed by atoms with Crippen molar-refractivity contribution in [1.82, 2.24) is 9.97 Å². The second kappa shape index (κ2) is 5.09. The van der Waals surface area contributed by atoms with Gasteiger partial charge in [-0.1, -0.05) is 24.3 Å². The van der Waals surface area contributed by atoms with Crippen molar-refractivity contribution in [2.75, 3.05) is 0 Å². The SMILES string of the molecule is O=C(O)c1cncc(Cc2ccc3ccccc3n2)c1. The van der Waals surface area contributed by atoms with Crippen molar-refractivity contribution < 1.29 is 9.90 Å². The molecule has 3 rings (SSSR count). The Labute approximate surface area is 115 Å². The molecule has 0 bridgehead atoms. The molecule has 4 nitrogen and oxygen atoms in total. The summed E-state index contributed by atoms with van der Waals surface area (Å²) in [6.45, 7) is 0. The first-order valence-corrected chi connectivity index (χ1v) is 6.24. The third-order valence-corrected chi connectivity index (χ3v) is 3.08. The number of para-hydroxylation sites is 1. The van der Waals surface area contributed by atoms with Crippen LogP contribution in [0.25, 0.3) is 10.9 Å². The molecule has 2 heterocycles. The minimum absolute atomic E-state index is 0.197. The molecule has 0 aliphatic carbocycles. The lowest BCUT2D eigenvalue weighted by atomic mass is 10.1. The Balaban J connectivity index is 1.92.